The molecule has 1 saturated carbocycles. The molecule has 3 N–H and O–H groups in total. The van der Waals surface area contributed by atoms with E-state index in [1.54, 1.807) is 12.1 Å². The number of anilines is 1. The third-order valence-corrected chi connectivity index (χ3v) is 4.85. The number of hydrogen-bond acceptors (Lipinski definition) is 2. The topological polar surface area (TPSA) is 55.1 Å². The molecular formula is C16H22Cl2N2O. The van der Waals surface area contributed by atoms with Crippen molar-refractivity contribution in [1.82, 2.24) is 5.32 Å². The fourth-order valence-electron chi connectivity index (χ4n) is 3.03. The number of nitrogen functional groups attached to an aromatic ring is 1. The molecule has 1 fully saturated rings. The number of benzene rings is 1. The van der Waals surface area contributed by atoms with Crippen molar-refractivity contribution in [2.75, 3.05) is 12.3 Å². The van der Waals surface area contributed by atoms with Crippen molar-refractivity contribution >= 4 is 34.8 Å². The first kappa shape index (κ1) is 16.4. The summed E-state index contributed by atoms with van der Waals surface area (Å²) in [5, 5.41) is 3.57. The number of nitrogens with two attached hydrogens (primary N) is 1. The van der Waals surface area contributed by atoms with Crippen molar-refractivity contribution in [3.63, 3.8) is 0 Å². The number of rotatable bonds is 4. The van der Waals surface area contributed by atoms with Crippen LogP contribution in [0.2, 0.25) is 10.0 Å². The molecule has 1 aromatic carbocycles. The van der Waals surface area contributed by atoms with Crippen LogP contribution in [0.4, 0.5) is 5.69 Å². The molecule has 116 valence electrons. The lowest BCUT2D eigenvalue weighted by atomic mass is 9.81. The molecule has 1 aliphatic rings. The first-order chi connectivity index (χ1) is 9.97. The first-order valence-electron chi connectivity index (χ1n) is 7.50. The van der Waals surface area contributed by atoms with Gasteiger partial charge in [0.15, 0.2) is 0 Å². The van der Waals surface area contributed by atoms with E-state index >= 15 is 0 Å². The third-order valence-electron chi connectivity index (χ3n) is 4.22. The SMILES string of the molecule is CC1CCCC(CCNC(=O)c2cc(Cl)c(N)c(Cl)c2)C1. The monoisotopic (exact) mass is 328 g/mol. The second-order valence-electron chi connectivity index (χ2n) is 6.04. The Morgan fingerprint density at radius 3 is 2.62 bits per heavy atom. The molecule has 21 heavy (non-hydrogen) atoms. The van der Waals surface area contributed by atoms with Crippen LogP contribution < -0.4 is 11.1 Å². The molecule has 0 spiro atoms. The number of hydrogen-bond donors (Lipinski definition) is 2. The second-order valence-corrected chi connectivity index (χ2v) is 6.85. The summed E-state index contributed by atoms with van der Waals surface area (Å²) < 4.78 is 0. The number of carbonyl (C=O) groups excluding carboxylic acids is 1. The highest BCUT2D eigenvalue weighted by Crippen LogP contribution is 2.31. The standard InChI is InChI=1S/C16H22Cl2N2O/c1-10-3-2-4-11(7-10)5-6-20-16(21)12-8-13(17)15(19)14(18)9-12/h8-11H,2-7,19H2,1H3,(H,20,21). The zero-order valence-corrected chi connectivity index (χ0v) is 13.8. The normalized spacial score (nSPS) is 22.0. The van der Waals surface area contributed by atoms with Gasteiger partial charge in [-0.1, -0.05) is 49.4 Å². The Kier molecular flexibility index (Phi) is 5.77. The number of amides is 1. The average Bonchev–Trinajstić information content (AvgIpc) is 2.44. The second kappa shape index (κ2) is 7.37. The maximum atomic E-state index is 12.1. The molecule has 2 unspecified atom stereocenters. The summed E-state index contributed by atoms with van der Waals surface area (Å²) in [7, 11) is 0. The Morgan fingerprint density at radius 1 is 1.33 bits per heavy atom. The molecule has 1 amide bonds. The van der Waals surface area contributed by atoms with Gasteiger partial charge in [0.05, 0.1) is 15.7 Å². The molecule has 2 rings (SSSR count). The Bertz CT molecular complexity index is 496. The van der Waals surface area contributed by atoms with E-state index in [-0.39, 0.29) is 5.91 Å². The summed E-state index contributed by atoms with van der Waals surface area (Å²) in [4.78, 5) is 12.1. The van der Waals surface area contributed by atoms with E-state index in [4.69, 9.17) is 28.9 Å². The van der Waals surface area contributed by atoms with Gasteiger partial charge in [-0.25, -0.2) is 0 Å². The van der Waals surface area contributed by atoms with Crippen LogP contribution in [0.3, 0.4) is 0 Å². The summed E-state index contributed by atoms with van der Waals surface area (Å²) in [6, 6.07) is 3.11. The van der Waals surface area contributed by atoms with Crippen molar-refractivity contribution in [3.05, 3.63) is 27.7 Å². The largest absolute Gasteiger partial charge is 0.396 e. The fraction of sp³-hybridized carbons (Fsp3) is 0.562. The summed E-state index contributed by atoms with van der Waals surface area (Å²) in [5.74, 6) is 1.39. The summed E-state index contributed by atoms with van der Waals surface area (Å²) >= 11 is 11.9. The first-order valence-corrected chi connectivity index (χ1v) is 8.25. The molecule has 3 nitrogen and oxygen atoms in total. The number of halogens is 2. The van der Waals surface area contributed by atoms with E-state index in [1.807, 2.05) is 0 Å². The van der Waals surface area contributed by atoms with Gasteiger partial charge in [0, 0.05) is 12.1 Å². The van der Waals surface area contributed by atoms with Gasteiger partial charge in [0.2, 0.25) is 0 Å². The Balaban J connectivity index is 1.84. The average molecular weight is 329 g/mol. The molecule has 0 radical (unpaired) electrons. The zero-order valence-electron chi connectivity index (χ0n) is 12.3. The molecule has 5 heteroatoms. The predicted octanol–water partition coefficient (Wildman–Crippen LogP) is 4.52. The quantitative estimate of drug-likeness (QED) is 0.798. The lowest BCUT2D eigenvalue weighted by Crippen LogP contribution is -2.27. The van der Waals surface area contributed by atoms with E-state index < -0.39 is 0 Å². The van der Waals surface area contributed by atoms with E-state index in [9.17, 15) is 4.79 Å². The van der Waals surface area contributed by atoms with Crippen LogP contribution in [-0.2, 0) is 0 Å². The Hall–Kier alpha value is -0.930. The van der Waals surface area contributed by atoms with Crippen LogP contribution in [0.1, 0.15) is 49.4 Å². The highest BCUT2D eigenvalue weighted by atomic mass is 35.5. The van der Waals surface area contributed by atoms with Crippen LogP contribution >= 0.6 is 23.2 Å². The minimum atomic E-state index is -0.150. The lowest BCUT2D eigenvalue weighted by molar-refractivity contribution is 0.0949. The maximum absolute atomic E-state index is 12.1. The van der Waals surface area contributed by atoms with E-state index in [0.717, 1.165) is 18.3 Å². The molecule has 1 aromatic rings. The van der Waals surface area contributed by atoms with Gasteiger partial charge in [-0.05, 0) is 36.8 Å². The fourth-order valence-corrected chi connectivity index (χ4v) is 3.52. The zero-order chi connectivity index (χ0) is 15.4. The summed E-state index contributed by atoms with van der Waals surface area (Å²) in [5.41, 5.74) is 6.43. The van der Waals surface area contributed by atoms with Gasteiger partial charge in [-0.3, -0.25) is 4.79 Å². The number of carbonyl (C=O) groups is 1. The maximum Gasteiger partial charge on any atom is 0.251 e. The minimum absolute atomic E-state index is 0.150. The van der Waals surface area contributed by atoms with E-state index in [2.05, 4.69) is 12.2 Å². The molecule has 0 aliphatic heterocycles. The minimum Gasteiger partial charge on any atom is -0.396 e. The highest BCUT2D eigenvalue weighted by molar-refractivity contribution is 6.39. The molecule has 2 atom stereocenters. The van der Waals surface area contributed by atoms with Crippen LogP contribution in [0, 0.1) is 11.8 Å². The van der Waals surface area contributed by atoms with Gasteiger partial charge in [0.25, 0.3) is 5.91 Å². The molecule has 0 aromatic heterocycles. The highest BCUT2D eigenvalue weighted by Gasteiger charge is 2.19. The Morgan fingerprint density at radius 2 is 2.00 bits per heavy atom. The van der Waals surface area contributed by atoms with Crippen LogP contribution in [0.25, 0.3) is 0 Å². The molecule has 0 heterocycles. The smallest absolute Gasteiger partial charge is 0.251 e. The van der Waals surface area contributed by atoms with Gasteiger partial charge < -0.3 is 11.1 Å². The van der Waals surface area contributed by atoms with Gasteiger partial charge in [0.1, 0.15) is 0 Å². The van der Waals surface area contributed by atoms with Gasteiger partial charge >= 0.3 is 0 Å². The molecule has 0 saturated heterocycles. The lowest BCUT2D eigenvalue weighted by Gasteiger charge is -2.26. The third kappa shape index (κ3) is 4.52. The van der Waals surface area contributed by atoms with E-state index in [0.29, 0.717) is 27.8 Å². The molecule has 0 bridgehead atoms. The van der Waals surface area contributed by atoms with Crippen molar-refractivity contribution in [1.29, 1.82) is 0 Å². The van der Waals surface area contributed by atoms with Crippen molar-refractivity contribution in [2.45, 2.75) is 39.0 Å². The van der Waals surface area contributed by atoms with E-state index in [1.165, 1.54) is 25.7 Å². The predicted molar refractivity (Wildman–Crippen MR) is 88.9 cm³/mol. The summed E-state index contributed by atoms with van der Waals surface area (Å²) in [6.07, 6.45) is 6.23. The van der Waals surface area contributed by atoms with Crippen LogP contribution in [-0.4, -0.2) is 12.5 Å². The van der Waals surface area contributed by atoms with Crippen molar-refractivity contribution in [2.24, 2.45) is 11.8 Å². The van der Waals surface area contributed by atoms with Gasteiger partial charge in [-0.15, -0.1) is 0 Å². The summed E-state index contributed by atoms with van der Waals surface area (Å²) in [6.45, 7) is 3.00. The molecular weight excluding hydrogens is 307 g/mol. The van der Waals surface area contributed by atoms with Crippen molar-refractivity contribution in [3.8, 4) is 0 Å². The molecule has 1 aliphatic carbocycles. The number of nitrogens with one attached hydrogen (secondary N) is 1. The van der Waals surface area contributed by atoms with Crippen LogP contribution in [0.5, 0.6) is 0 Å². The van der Waals surface area contributed by atoms with Crippen LogP contribution in [0.15, 0.2) is 12.1 Å². The Labute approximate surface area is 136 Å². The van der Waals surface area contributed by atoms with Crippen molar-refractivity contribution < 1.29 is 4.79 Å². The van der Waals surface area contributed by atoms with Gasteiger partial charge in [-0.2, -0.15) is 0 Å².